The standard InChI is InChI=1S/C24H18BrF2NO2/c1-2-29-23-12-18(10-19(14-28)17-6-4-8-21(27)11-17)22(25)13-24(23)30-15-16-5-3-7-20(26)9-16/h3-13H,2,15H2,1H3/b19-10-. The summed E-state index contributed by atoms with van der Waals surface area (Å²) in [6.45, 7) is 2.43. The molecule has 3 aromatic carbocycles. The van der Waals surface area contributed by atoms with Crippen LogP contribution >= 0.6 is 15.9 Å². The average molecular weight is 470 g/mol. The Morgan fingerprint density at radius 2 is 1.70 bits per heavy atom. The lowest BCUT2D eigenvalue weighted by Crippen LogP contribution is -2.01. The molecule has 0 amide bonds. The maximum absolute atomic E-state index is 13.5. The quantitative estimate of drug-likeness (QED) is 0.283. The van der Waals surface area contributed by atoms with Gasteiger partial charge in [-0.3, -0.25) is 0 Å². The van der Waals surface area contributed by atoms with E-state index in [1.54, 1.807) is 42.5 Å². The molecule has 0 fully saturated rings. The van der Waals surface area contributed by atoms with E-state index in [2.05, 4.69) is 22.0 Å². The molecule has 30 heavy (non-hydrogen) atoms. The molecule has 6 heteroatoms. The van der Waals surface area contributed by atoms with Gasteiger partial charge in [0.2, 0.25) is 0 Å². The zero-order valence-electron chi connectivity index (χ0n) is 16.2. The second-order valence-corrected chi connectivity index (χ2v) is 7.21. The maximum atomic E-state index is 13.5. The number of ether oxygens (including phenoxy) is 2. The van der Waals surface area contributed by atoms with Gasteiger partial charge in [0.25, 0.3) is 0 Å². The minimum absolute atomic E-state index is 0.173. The minimum atomic E-state index is -0.413. The van der Waals surface area contributed by atoms with Gasteiger partial charge < -0.3 is 9.47 Å². The lowest BCUT2D eigenvalue weighted by molar-refractivity contribution is 0.269. The van der Waals surface area contributed by atoms with Crippen LogP contribution in [-0.4, -0.2) is 6.61 Å². The molecule has 0 N–H and O–H groups in total. The molecule has 0 aliphatic heterocycles. The molecule has 0 saturated heterocycles. The molecule has 0 spiro atoms. The molecule has 0 aliphatic rings. The largest absolute Gasteiger partial charge is 0.490 e. The number of hydrogen-bond acceptors (Lipinski definition) is 3. The Labute approximate surface area is 182 Å². The summed E-state index contributed by atoms with van der Waals surface area (Å²) in [5.41, 5.74) is 2.16. The molecule has 3 nitrogen and oxygen atoms in total. The number of allylic oxidation sites excluding steroid dienone is 1. The van der Waals surface area contributed by atoms with Gasteiger partial charge in [-0.1, -0.05) is 40.2 Å². The van der Waals surface area contributed by atoms with Crippen LogP contribution in [0.15, 0.2) is 65.1 Å². The van der Waals surface area contributed by atoms with Gasteiger partial charge in [-0.25, -0.2) is 8.78 Å². The third kappa shape index (κ3) is 5.46. The highest BCUT2D eigenvalue weighted by Gasteiger charge is 2.12. The minimum Gasteiger partial charge on any atom is -0.490 e. The van der Waals surface area contributed by atoms with Gasteiger partial charge in [0.05, 0.1) is 18.2 Å². The van der Waals surface area contributed by atoms with Crippen LogP contribution in [0.25, 0.3) is 11.6 Å². The van der Waals surface area contributed by atoms with Crippen LogP contribution in [0.3, 0.4) is 0 Å². The van der Waals surface area contributed by atoms with Crippen LogP contribution in [0, 0.1) is 23.0 Å². The average Bonchev–Trinajstić information content (AvgIpc) is 2.73. The number of benzene rings is 3. The summed E-state index contributed by atoms with van der Waals surface area (Å²) in [4.78, 5) is 0. The first-order valence-corrected chi connectivity index (χ1v) is 10.0. The fourth-order valence-electron chi connectivity index (χ4n) is 2.82. The summed E-state index contributed by atoms with van der Waals surface area (Å²) < 4.78 is 39.1. The van der Waals surface area contributed by atoms with Crippen molar-refractivity contribution in [1.82, 2.24) is 0 Å². The Hall–Kier alpha value is -3.17. The monoisotopic (exact) mass is 469 g/mol. The molecule has 0 heterocycles. The van der Waals surface area contributed by atoms with Gasteiger partial charge in [0.1, 0.15) is 18.2 Å². The van der Waals surface area contributed by atoms with E-state index < -0.39 is 5.82 Å². The van der Waals surface area contributed by atoms with Crippen LogP contribution in [0.1, 0.15) is 23.6 Å². The molecule has 0 radical (unpaired) electrons. The molecular formula is C24H18BrF2NO2. The van der Waals surface area contributed by atoms with Crippen molar-refractivity contribution in [3.05, 3.63) is 93.5 Å². The summed E-state index contributed by atoms with van der Waals surface area (Å²) in [7, 11) is 0. The fraction of sp³-hybridized carbons (Fsp3) is 0.125. The van der Waals surface area contributed by atoms with Crippen LogP contribution in [-0.2, 0) is 6.61 Å². The van der Waals surface area contributed by atoms with Gasteiger partial charge in [-0.2, -0.15) is 5.26 Å². The van der Waals surface area contributed by atoms with Gasteiger partial charge in [0.15, 0.2) is 11.5 Å². The molecular weight excluding hydrogens is 452 g/mol. The Morgan fingerprint density at radius 3 is 2.37 bits per heavy atom. The second-order valence-electron chi connectivity index (χ2n) is 6.35. The number of halogens is 3. The van der Waals surface area contributed by atoms with Crippen molar-refractivity contribution in [1.29, 1.82) is 5.26 Å². The fourth-order valence-corrected chi connectivity index (χ4v) is 3.26. The zero-order chi connectivity index (χ0) is 21.5. The molecule has 3 rings (SSSR count). The molecule has 0 aliphatic carbocycles. The lowest BCUT2D eigenvalue weighted by atomic mass is 10.0. The third-order valence-corrected chi connectivity index (χ3v) is 4.89. The van der Waals surface area contributed by atoms with Crippen LogP contribution in [0.2, 0.25) is 0 Å². The van der Waals surface area contributed by atoms with Crippen molar-refractivity contribution in [2.45, 2.75) is 13.5 Å². The highest BCUT2D eigenvalue weighted by atomic mass is 79.9. The smallest absolute Gasteiger partial charge is 0.162 e. The predicted molar refractivity (Wildman–Crippen MR) is 116 cm³/mol. The third-order valence-electron chi connectivity index (χ3n) is 4.20. The van der Waals surface area contributed by atoms with Crippen molar-refractivity contribution in [2.75, 3.05) is 6.61 Å². The van der Waals surface area contributed by atoms with E-state index in [1.807, 2.05) is 6.92 Å². The predicted octanol–water partition coefficient (Wildman–Crippen LogP) is 6.77. The first-order chi connectivity index (χ1) is 14.5. The lowest BCUT2D eigenvalue weighted by Gasteiger charge is -2.14. The van der Waals surface area contributed by atoms with Gasteiger partial charge in [-0.05, 0) is 66.1 Å². The van der Waals surface area contributed by atoms with E-state index in [0.717, 1.165) is 0 Å². The van der Waals surface area contributed by atoms with Crippen LogP contribution in [0.5, 0.6) is 11.5 Å². The number of hydrogen-bond donors (Lipinski definition) is 0. The Kier molecular flexibility index (Phi) is 7.21. The van der Waals surface area contributed by atoms with Crippen molar-refractivity contribution < 1.29 is 18.3 Å². The highest BCUT2D eigenvalue weighted by Crippen LogP contribution is 2.36. The van der Waals surface area contributed by atoms with E-state index in [9.17, 15) is 14.0 Å². The molecule has 152 valence electrons. The number of nitriles is 1. The van der Waals surface area contributed by atoms with Crippen molar-refractivity contribution in [2.24, 2.45) is 0 Å². The van der Waals surface area contributed by atoms with E-state index in [4.69, 9.17) is 9.47 Å². The van der Waals surface area contributed by atoms with Gasteiger partial charge in [0, 0.05) is 4.47 Å². The van der Waals surface area contributed by atoms with Gasteiger partial charge >= 0.3 is 0 Å². The van der Waals surface area contributed by atoms with Crippen LogP contribution < -0.4 is 9.47 Å². The molecule has 0 saturated carbocycles. The Balaban J connectivity index is 1.93. The molecule has 0 aromatic heterocycles. The van der Waals surface area contributed by atoms with Crippen LogP contribution in [0.4, 0.5) is 8.78 Å². The Morgan fingerprint density at radius 1 is 1.00 bits per heavy atom. The summed E-state index contributed by atoms with van der Waals surface area (Å²) in [5, 5.41) is 9.54. The van der Waals surface area contributed by atoms with E-state index in [1.165, 1.54) is 24.3 Å². The molecule has 0 bridgehead atoms. The maximum Gasteiger partial charge on any atom is 0.162 e. The normalized spacial score (nSPS) is 11.1. The summed E-state index contributed by atoms with van der Waals surface area (Å²) >= 11 is 3.49. The van der Waals surface area contributed by atoms with E-state index >= 15 is 0 Å². The number of rotatable bonds is 7. The van der Waals surface area contributed by atoms with E-state index in [0.29, 0.717) is 44.8 Å². The number of nitrogens with zero attached hydrogens (tertiary/aromatic N) is 1. The molecule has 3 aromatic rings. The zero-order valence-corrected chi connectivity index (χ0v) is 17.7. The van der Waals surface area contributed by atoms with Gasteiger partial charge in [-0.15, -0.1) is 0 Å². The first-order valence-electron chi connectivity index (χ1n) is 9.21. The van der Waals surface area contributed by atoms with Crippen molar-refractivity contribution >= 4 is 27.6 Å². The van der Waals surface area contributed by atoms with Crippen molar-refractivity contribution in [3.8, 4) is 17.6 Å². The SMILES string of the molecule is CCOc1cc(/C=C(/C#N)c2cccc(F)c2)c(Br)cc1OCc1cccc(F)c1. The molecule has 0 atom stereocenters. The first kappa shape index (κ1) is 21.5. The summed E-state index contributed by atoms with van der Waals surface area (Å²) in [6.07, 6.45) is 1.65. The topological polar surface area (TPSA) is 42.2 Å². The molecule has 0 unspecified atom stereocenters. The summed E-state index contributed by atoms with van der Waals surface area (Å²) in [5.74, 6) is 0.224. The highest BCUT2D eigenvalue weighted by molar-refractivity contribution is 9.10. The van der Waals surface area contributed by atoms with Crippen molar-refractivity contribution in [3.63, 3.8) is 0 Å². The van der Waals surface area contributed by atoms with E-state index in [-0.39, 0.29) is 12.4 Å². The second kappa shape index (κ2) is 10.0. The Bertz CT molecular complexity index is 1120. The summed E-state index contributed by atoms with van der Waals surface area (Å²) in [6, 6.07) is 17.6.